The van der Waals surface area contributed by atoms with Gasteiger partial charge < -0.3 is 5.11 Å². The van der Waals surface area contributed by atoms with Gasteiger partial charge in [0.15, 0.2) is 5.78 Å². The Morgan fingerprint density at radius 3 is 2.71 bits per heavy atom. The van der Waals surface area contributed by atoms with Gasteiger partial charge in [0.1, 0.15) is 11.6 Å². The van der Waals surface area contributed by atoms with Crippen LogP contribution in [0.5, 0.6) is 0 Å². The van der Waals surface area contributed by atoms with Gasteiger partial charge in [0, 0.05) is 47.0 Å². The Morgan fingerprint density at radius 1 is 1.14 bits per heavy atom. The minimum absolute atomic E-state index is 0.0104. The second-order valence-corrected chi connectivity index (χ2v) is 9.91. The van der Waals surface area contributed by atoms with E-state index in [4.69, 9.17) is 0 Å². The quantitative estimate of drug-likeness (QED) is 0.463. The van der Waals surface area contributed by atoms with E-state index < -0.39 is 17.2 Å². The van der Waals surface area contributed by atoms with Crippen molar-refractivity contribution in [2.24, 2.45) is 10.9 Å². The molecule has 0 bridgehead atoms. The second-order valence-electron chi connectivity index (χ2n) is 9.91. The van der Waals surface area contributed by atoms with Crippen molar-refractivity contribution in [3.63, 3.8) is 0 Å². The molecule has 0 spiro atoms. The third-order valence-electron chi connectivity index (χ3n) is 7.23. The zero-order valence-electron chi connectivity index (χ0n) is 19.7. The number of carbonyl (C=O) groups excluding carboxylic acids is 1. The maximum atomic E-state index is 14.2. The first-order valence-electron chi connectivity index (χ1n) is 12.1. The molecule has 0 radical (unpaired) electrons. The second kappa shape index (κ2) is 9.42. The summed E-state index contributed by atoms with van der Waals surface area (Å²) in [5, 5.41) is 11.2. The predicted molar refractivity (Wildman–Crippen MR) is 131 cm³/mol. The first-order valence-corrected chi connectivity index (χ1v) is 12.1. The topological polar surface area (TPSA) is 62.5 Å². The van der Waals surface area contributed by atoms with Crippen molar-refractivity contribution in [1.82, 2.24) is 4.98 Å². The van der Waals surface area contributed by atoms with E-state index in [0.29, 0.717) is 37.8 Å². The summed E-state index contributed by atoms with van der Waals surface area (Å²) in [6, 6.07) is 13.4. The summed E-state index contributed by atoms with van der Waals surface area (Å²) in [7, 11) is 0. The van der Waals surface area contributed by atoms with Crippen molar-refractivity contribution in [1.29, 1.82) is 0 Å². The minimum Gasteiger partial charge on any atom is -0.390 e. The average Bonchev–Trinajstić information content (AvgIpc) is 3.25. The van der Waals surface area contributed by atoms with Gasteiger partial charge in [-0.05, 0) is 68.0 Å². The molecule has 2 atom stereocenters. The van der Waals surface area contributed by atoms with Crippen molar-refractivity contribution in [2.45, 2.75) is 57.6 Å². The Hall–Kier alpha value is -3.25. The standard InChI is InChI=1S/C29H28F2N2O2/c1-18-12-21(9-11-32-18)28-23-14-20(7-8-22(23)17-33-28)27(34)13-19-4-3-10-29(35,15-19)16-24-25(30)5-2-6-26(24)31/h2,5-9,11-12,14,19,35H,3-4,10,13,15-17H2,1H3. The summed E-state index contributed by atoms with van der Waals surface area (Å²) in [5.74, 6) is -1.31. The number of pyridine rings is 1. The molecule has 2 aliphatic rings. The number of aliphatic imine (C=N–C) groups is 1. The smallest absolute Gasteiger partial charge is 0.163 e. The van der Waals surface area contributed by atoms with Crippen molar-refractivity contribution in [3.05, 3.63) is 99.9 Å². The molecular formula is C29H28F2N2O2. The average molecular weight is 475 g/mol. The summed E-state index contributed by atoms with van der Waals surface area (Å²) in [6.45, 7) is 2.52. The molecule has 2 aromatic carbocycles. The Balaban J connectivity index is 1.30. The lowest BCUT2D eigenvalue weighted by molar-refractivity contribution is -0.0171. The maximum Gasteiger partial charge on any atom is 0.163 e. The zero-order chi connectivity index (χ0) is 24.6. The van der Waals surface area contributed by atoms with E-state index >= 15 is 0 Å². The lowest BCUT2D eigenvalue weighted by Gasteiger charge is -2.37. The number of aryl methyl sites for hydroxylation is 1. The van der Waals surface area contributed by atoms with E-state index in [-0.39, 0.29) is 23.7 Å². The molecule has 0 saturated heterocycles. The van der Waals surface area contributed by atoms with Crippen LogP contribution in [0.15, 0.2) is 59.7 Å². The number of Topliss-reactive ketones (excluding diaryl/α,β-unsaturated/α-hetero) is 1. The molecule has 180 valence electrons. The molecule has 2 unspecified atom stereocenters. The van der Waals surface area contributed by atoms with E-state index in [1.807, 2.05) is 37.3 Å². The number of hydrogen-bond donors (Lipinski definition) is 1. The fourth-order valence-electron chi connectivity index (χ4n) is 5.50. The monoisotopic (exact) mass is 474 g/mol. The fraction of sp³-hybridized carbons (Fsp3) is 0.345. The van der Waals surface area contributed by atoms with Crippen LogP contribution >= 0.6 is 0 Å². The number of halogens is 2. The van der Waals surface area contributed by atoms with E-state index in [0.717, 1.165) is 34.5 Å². The highest BCUT2D eigenvalue weighted by Gasteiger charge is 2.36. The van der Waals surface area contributed by atoms with Gasteiger partial charge in [-0.3, -0.25) is 14.8 Å². The van der Waals surface area contributed by atoms with Crippen LogP contribution in [0.3, 0.4) is 0 Å². The van der Waals surface area contributed by atoms with Crippen LogP contribution in [0.2, 0.25) is 0 Å². The molecule has 1 aliphatic carbocycles. The molecule has 35 heavy (non-hydrogen) atoms. The van der Waals surface area contributed by atoms with Crippen LogP contribution in [0.4, 0.5) is 8.78 Å². The van der Waals surface area contributed by atoms with Crippen LogP contribution in [0, 0.1) is 24.5 Å². The van der Waals surface area contributed by atoms with E-state index in [9.17, 15) is 18.7 Å². The Kier molecular flexibility index (Phi) is 6.32. The molecular weight excluding hydrogens is 446 g/mol. The number of nitrogens with zero attached hydrogens (tertiary/aromatic N) is 2. The lowest BCUT2D eigenvalue weighted by atomic mass is 9.73. The summed E-state index contributed by atoms with van der Waals surface area (Å²) < 4.78 is 28.3. The number of aliphatic hydroxyl groups is 1. The minimum atomic E-state index is -1.22. The molecule has 1 aliphatic heterocycles. The van der Waals surface area contributed by atoms with Crippen LogP contribution in [-0.2, 0) is 13.0 Å². The number of fused-ring (bicyclic) bond motifs is 1. The molecule has 1 saturated carbocycles. The van der Waals surface area contributed by atoms with E-state index in [1.165, 1.54) is 18.2 Å². The van der Waals surface area contributed by atoms with Crippen LogP contribution in [0.1, 0.15) is 70.4 Å². The molecule has 1 N–H and O–H groups in total. The van der Waals surface area contributed by atoms with Gasteiger partial charge >= 0.3 is 0 Å². The highest BCUT2D eigenvalue weighted by Crippen LogP contribution is 2.38. The first-order chi connectivity index (χ1) is 16.8. The number of hydrogen-bond acceptors (Lipinski definition) is 4. The molecule has 1 aromatic heterocycles. The normalized spacial score (nSPS) is 21.5. The Morgan fingerprint density at radius 2 is 1.94 bits per heavy atom. The van der Waals surface area contributed by atoms with Gasteiger partial charge in [0.2, 0.25) is 0 Å². The summed E-state index contributed by atoms with van der Waals surface area (Å²) >= 11 is 0. The van der Waals surface area contributed by atoms with Crippen LogP contribution in [0.25, 0.3) is 0 Å². The lowest BCUT2D eigenvalue weighted by Crippen LogP contribution is -2.38. The van der Waals surface area contributed by atoms with Gasteiger partial charge in [-0.2, -0.15) is 0 Å². The van der Waals surface area contributed by atoms with Gasteiger partial charge in [-0.25, -0.2) is 8.78 Å². The zero-order valence-corrected chi connectivity index (χ0v) is 19.7. The van der Waals surface area contributed by atoms with Crippen LogP contribution in [-0.4, -0.2) is 27.2 Å². The van der Waals surface area contributed by atoms with Crippen LogP contribution < -0.4 is 0 Å². The third kappa shape index (κ3) is 4.94. The highest BCUT2D eigenvalue weighted by atomic mass is 19.1. The fourth-order valence-corrected chi connectivity index (χ4v) is 5.50. The van der Waals surface area contributed by atoms with Gasteiger partial charge in [-0.1, -0.05) is 24.6 Å². The van der Waals surface area contributed by atoms with Gasteiger partial charge in [-0.15, -0.1) is 0 Å². The summed E-state index contributed by atoms with van der Waals surface area (Å²) in [6.07, 6.45) is 4.31. The number of carbonyl (C=O) groups is 1. The summed E-state index contributed by atoms with van der Waals surface area (Å²) in [5.41, 5.74) is 4.14. The molecule has 0 amide bonds. The van der Waals surface area contributed by atoms with Gasteiger partial charge in [0.05, 0.1) is 17.9 Å². The van der Waals surface area contributed by atoms with Crippen molar-refractivity contribution in [3.8, 4) is 0 Å². The molecule has 1 fully saturated rings. The Bertz CT molecular complexity index is 1300. The molecule has 5 rings (SSSR count). The molecule has 4 nitrogen and oxygen atoms in total. The number of ketones is 1. The number of benzene rings is 2. The molecule has 2 heterocycles. The SMILES string of the molecule is Cc1cc(C2=NCc3ccc(C(=O)CC4CCCC(O)(Cc5c(F)cccc5F)C4)cc32)ccn1. The first kappa shape index (κ1) is 23.5. The maximum absolute atomic E-state index is 14.2. The third-order valence-corrected chi connectivity index (χ3v) is 7.23. The van der Waals surface area contributed by atoms with Crippen molar-refractivity contribution >= 4 is 11.5 Å². The van der Waals surface area contributed by atoms with Crippen molar-refractivity contribution in [2.75, 3.05) is 0 Å². The largest absolute Gasteiger partial charge is 0.390 e. The number of rotatable bonds is 6. The molecule has 3 aromatic rings. The van der Waals surface area contributed by atoms with E-state index in [1.54, 1.807) is 6.20 Å². The van der Waals surface area contributed by atoms with Crippen molar-refractivity contribution < 1.29 is 18.7 Å². The highest BCUT2D eigenvalue weighted by molar-refractivity contribution is 6.16. The van der Waals surface area contributed by atoms with E-state index in [2.05, 4.69) is 9.98 Å². The number of aromatic nitrogens is 1. The summed E-state index contributed by atoms with van der Waals surface area (Å²) in [4.78, 5) is 22.2. The Labute approximate surface area is 203 Å². The van der Waals surface area contributed by atoms with Gasteiger partial charge in [0.25, 0.3) is 0 Å². The molecule has 6 heteroatoms. The predicted octanol–water partition coefficient (Wildman–Crippen LogP) is 5.76.